The lowest BCUT2D eigenvalue weighted by Crippen LogP contribution is -2.43. The molecule has 4 N–H and O–H groups in total. The number of ether oxygens (including phenoxy) is 1. The molecule has 244 valence electrons. The number of Topliss-reactive ketones (excluding diaryl/α,β-unsaturated/α-hetero) is 2. The first-order chi connectivity index (χ1) is 23.7. The number of thiocarbonyl (C=S) groups is 2. The smallest absolute Gasteiger partial charge is 0.194 e. The summed E-state index contributed by atoms with van der Waals surface area (Å²) in [6.07, 6.45) is 1.99. The van der Waals surface area contributed by atoms with Gasteiger partial charge in [0.05, 0.1) is 41.2 Å². The fourth-order valence-corrected chi connectivity index (χ4v) is 8.11. The number of carbonyl (C=O) groups excluding carboxylic acids is 2. The van der Waals surface area contributed by atoms with Crippen molar-refractivity contribution in [3.8, 4) is 16.9 Å². The van der Waals surface area contributed by atoms with Gasteiger partial charge in [-0.1, -0.05) is 79.0 Å². The molecule has 0 saturated carbocycles. The van der Waals surface area contributed by atoms with Gasteiger partial charge in [0.15, 0.2) is 21.8 Å². The first-order valence-corrected chi connectivity index (χ1v) is 17.5. The fourth-order valence-electron chi connectivity index (χ4n) is 7.06. The van der Waals surface area contributed by atoms with Gasteiger partial charge in [0, 0.05) is 37.9 Å². The number of nitrogens with one attached hydrogen (secondary N) is 4. The first-order valence-electron chi connectivity index (χ1n) is 15.9. The Bertz CT molecular complexity index is 2210. The van der Waals surface area contributed by atoms with E-state index in [1.807, 2.05) is 60.7 Å². The lowest BCUT2D eigenvalue weighted by Gasteiger charge is -2.30. The Morgan fingerprint density at radius 2 is 1.37 bits per heavy atom. The van der Waals surface area contributed by atoms with Crippen molar-refractivity contribution >= 4 is 80.8 Å². The van der Waals surface area contributed by atoms with Gasteiger partial charge in [-0.05, 0) is 83.9 Å². The number of hydrogen-bond donors (Lipinski definition) is 4. The van der Waals surface area contributed by atoms with Crippen molar-refractivity contribution in [1.82, 2.24) is 21.3 Å². The quantitative estimate of drug-likeness (QED) is 0.112. The SMILES string of the molecule is CCCCOc1cccc(C2NC(=S)NC3=C2C(=O)c2ccc(-c4cccc5c4C4=C(C5=O)C(c5c(Cl)cccc5Cl)NC(=S)N4)cc23)c1. The van der Waals surface area contributed by atoms with Gasteiger partial charge in [0.25, 0.3) is 0 Å². The predicted octanol–water partition coefficient (Wildman–Crippen LogP) is 8.09. The average molecular weight is 724 g/mol. The van der Waals surface area contributed by atoms with Crippen molar-refractivity contribution in [2.24, 2.45) is 0 Å². The zero-order valence-electron chi connectivity index (χ0n) is 26.1. The van der Waals surface area contributed by atoms with E-state index in [1.54, 1.807) is 18.2 Å². The molecule has 0 aromatic heterocycles. The fraction of sp³-hybridized carbons (Fsp3) is 0.158. The Morgan fingerprint density at radius 3 is 2.14 bits per heavy atom. The van der Waals surface area contributed by atoms with Crippen LogP contribution in [0.2, 0.25) is 10.0 Å². The van der Waals surface area contributed by atoms with Crippen LogP contribution in [-0.4, -0.2) is 28.4 Å². The van der Waals surface area contributed by atoms with Gasteiger partial charge in [-0.15, -0.1) is 0 Å². The molecular formula is C38H28Cl2N4O3S2. The second-order valence-corrected chi connectivity index (χ2v) is 13.8. The van der Waals surface area contributed by atoms with Crippen LogP contribution in [-0.2, 0) is 0 Å². The van der Waals surface area contributed by atoms with Crippen molar-refractivity contribution in [2.75, 3.05) is 6.61 Å². The number of benzene rings is 4. The molecule has 11 heteroatoms. The molecular weight excluding hydrogens is 695 g/mol. The van der Waals surface area contributed by atoms with E-state index in [-0.39, 0.29) is 11.6 Å². The molecule has 0 saturated heterocycles. The second kappa shape index (κ2) is 12.4. The van der Waals surface area contributed by atoms with E-state index in [0.717, 1.165) is 46.4 Å². The molecule has 4 aliphatic rings. The molecule has 0 radical (unpaired) electrons. The van der Waals surface area contributed by atoms with E-state index >= 15 is 0 Å². The van der Waals surface area contributed by atoms with E-state index in [1.165, 1.54) is 0 Å². The highest BCUT2D eigenvalue weighted by atomic mass is 35.5. The number of rotatable bonds is 7. The van der Waals surface area contributed by atoms with Gasteiger partial charge in [-0.25, -0.2) is 0 Å². The Morgan fingerprint density at radius 1 is 0.714 bits per heavy atom. The third-order valence-electron chi connectivity index (χ3n) is 9.28. The minimum Gasteiger partial charge on any atom is -0.494 e. The third-order valence-corrected chi connectivity index (χ3v) is 10.4. The molecule has 4 aromatic rings. The van der Waals surface area contributed by atoms with Crippen LogP contribution in [0.3, 0.4) is 0 Å². The van der Waals surface area contributed by atoms with Gasteiger partial charge >= 0.3 is 0 Å². The van der Waals surface area contributed by atoms with Crippen LogP contribution in [0.15, 0.2) is 90.0 Å². The number of fused-ring (bicyclic) bond motifs is 4. The summed E-state index contributed by atoms with van der Waals surface area (Å²) in [6.45, 7) is 2.74. The Labute approximate surface area is 303 Å². The number of ketones is 2. The van der Waals surface area contributed by atoms with Gasteiger partial charge in [0.1, 0.15) is 5.75 Å². The topological polar surface area (TPSA) is 91.5 Å². The summed E-state index contributed by atoms with van der Waals surface area (Å²) in [7, 11) is 0. The van der Waals surface area contributed by atoms with Crippen LogP contribution in [0.4, 0.5) is 0 Å². The summed E-state index contributed by atoms with van der Waals surface area (Å²) in [6, 6.07) is 23.3. The lowest BCUT2D eigenvalue weighted by molar-refractivity contribution is 0.102. The molecule has 49 heavy (non-hydrogen) atoms. The molecule has 2 unspecified atom stereocenters. The molecule has 2 aliphatic heterocycles. The molecule has 0 fully saturated rings. The molecule has 2 aliphatic carbocycles. The van der Waals surface area contributed by atoms with E-state index in [2.05, 4.69) is 28.2 Å². The summed E-state index contributed by atoms with van der Waals surface area (Å²) in [5.74, 6) is 0.520. The van der Waals surface area contributed by atoms with Crippen LogP contribution in [0.1, 0.15) is 74.8 Å². The van der Waals surface area contributed by atoms with Crippen LogP contribution >= 0.6 is 47.6 Å². The molecule has 8 rings (SSSR count). The molecule has 0 bridgehead atoms. The zero-order chi connectivity index (χ0) is 34.0. The summed E-state index contributed by atoms with van der Waals surface area (Å²) < 4.78 is 5.97. The molecule has 0 spiro atoms. The van der Waals surface area contributed by atoms with Crippen LogP contribution in [0.5, 0.6) is 5.75 Å². The lowest BCUT2D eigenvalue weighted by atomic mass is 9.93. The van der Waals surface area contributed by atoms with Crippen LogP contribution in [0, 0.1) is 0 Å². The van der Waals surface area contributed by atoms with Gasteiger partial charge in [0.2, 0.25) is 0 Å². The van der Waals surface area contributed by atoms with Gasteiger partial charge < -0.3 is 26.0 Å². The number of halogens is 2. The van der Waals surface area contributed by atoms with Crippen LogP contribution < -0.4 is 26.0 Å². The van der Waals surface area contributed by atoms with Crippen molar-refractivity contribution in [2.45, 2.75) is 31.8 Å². The zero-order valence-corrected chi connectivity index (χ0v) is 29.2. The summed E-state index contributed by atoms with van der Waals surface area (Å²) in [5, 5.41) is 14.7. The highest BCUT2D eigenvalue weighted by molar-refractivity contribution is 7.80. The molecule has 2 atom stereocenters. The third kappa shape index (κ3) is 5.23. The van der Waals surface area contributed by atoms with Crippen molar-refractivity contribution in [1.29, 1.82) is 0 Å². The number of hydrogen-bond acceptors (Lipinski definition) is 5. The summed E-state index contributed by atoms with van der Waals surface area (Å²) >= 11 is 24.5. The highest BCUT2D eigenvalue weighted by Gasteiger charge is 2.43. The average Bonchev–Trinajstić information content (AvgIpc) is 3.54. The summed E-state index contributed by atoms with van der Waals surface area (Å²) in [4.78, 5) is 28.1. The Balaban J connectivity index is 1.22. The predicted molar refractivity (Wildman–Crippen MR) is 201 cm³/mol. The van der Waals surface area contributed by atoms with E-state index in [4.69, 9.17) is 52.4 Å². The molecule has 2 heterocycles. The van der Waals surface area contributed by atoms with E-state index in [9.17, 15) is 9.59 Å². The van der Waals surface area contributed by atoms with E-state index in [0.29, 0.717) is 66.1 Å². The second-order valence-electron chi connectivity index (χ2n) is 12.2. The maximum absolute atomic E-state index is 14.1. The van der Waals surface area contributed by atoms with Crippen LogP contribution in [0.25, 0.3) is 22.5 Å². The molecule has 0 amide bonds. The monoisotopic (exact) mass is 722 g/mol. The minimum atomic E-state index is -0.643. The van der Waals surface area contributed by atoms with Gasteiger partial charge in [-0.3, -0.25) is 9.59 Å². The van der Waals surface area contributed by atoms with Crippen molar-refractivity contribution in [3.05, 3.63) is 133 Å². The standard InChI is InChI=1S/C38H28Cl2N4O3S2/c1-2-3-15-47-20-8-4-7-19(16-20)31-29-32(42-37(48)41-31)24-17-18(13-14-22(24)35(29)45)21-9-5-10-23-27(21)33-30(36(23)46)34(44-38(49)43-33)28-25(39)11-6-12-26(28)40/h4-14,16-17,31,34H,2-3,15H2,1H3,(H2,41,42,48)(H2,43,44,49). The number of carbonyl (C=O) groups is 2. The normalized spacial score (nSPS) is 19.0. The van der Waals surface area contributed by atoms with Crippen molar-refractivity contribution < 1.29 is 14.3 Å². The molecule has 4 aromatic carbocycles. The largest absolute Gasteiger partial charge is 0.494 e. The summed E-state index contributed by atoms with van der Waals surface area (Å²) in [5.41, 5.74) is 8.04. The maximum Gasteiger partial charge on any atom is 0.194 e. The van der Waals surface area contributed by atoms with E-state index < -0.39 is 12.1 Å². The number of unbranched alkanes of at least 4 members (excludes halogenated alkanes) is 1. The van der Waals surface area contributed by atoms with Crippen molar-refractivity contribution in [3.63, 3.8) is 0 Å². The highest BCUT2D eigenvalue weighted by Crippen LogP contribution is 2.48. The maximum atomic E-state index is 14.1. The molecule has 7 nitrogen and oxygen atoms in total. The Kier molecular flexibility index (Phi) is 8.03. The Hall–Kier alpha value is -4.54. The minimum absolute atomic E-state index is 0.0790. The first kappa shape index (κ1) is 31.7. The van der Waals surface area contributed by atoms with Gasteiger partial charge in [-0.2, -0.15) is 0 Å².